The Hall–Kier alpha value is -3.13. The molecule has 1 unspecified atom stereocenters. The Morgan fingerprint density at radius 3 is 2.30 bits per heavy atom. The van der Waals surface area contributed by atoms with Crippen LogP contribution in [0.15, 0.2) is 42.5 Å². The largest absolute Gasteiger partial charge is 0.493 e. The van der Waals surface area contributed by atoms with E-state index < -0.39 is 11.6 Å². The van der Waals surface area contributed by atoms with E-state index in [0.717, 1.165) is 16.0 Å². The summed E-state index contributed by atoms with van der Waals surface area (Å²) >= 11 is 0. The molecule has 2 aromatic rings. The number of methoxy groups -OCH3 is 2. The lowest BCUT2D eigenvalue weighted by Crippen LogP contribution is -3.09. The fourth-order valence-electron chi connectivity index (χ4n) is 3.69. The van der Waals surface area contributed by atoms with Crippen molar-refractivity contribution in [3.8, 4) is 11.5 Å². The van der Waals surface area contributed by atoms with Crippen molar-refractivity contribution in [2.24, 2.45) is 0 Å². The fraction of sp³-hybridized carbons (Fsp3) is 0.364. The van der Waals surface area contributed by atoms with E-state index in [9.17, 15) is 14.0 Å². The van der Waals surface area contributed by atoms with E-state index in [1.165, 1.54) is 17.0 Å². The van der Waals surface area contributed by atoms with Gasteiger partial charge in [-0.3, -0.25) is 4.79 Å². The van der Waals surface area contributed by atoms with Gasteiger partial charge in [0, 0.05) is 12.0 Å². The molecule has 2 aromatic carbocycles. The number of hydrogen-bond acceptors (Lipinski definition) is 4. The number of urea groups is 1. The zero-order valence-electron chi connectivity index (χ0n) is 17.6. The molecular weight excluding hydrogens is 389 g/mol. The van der Waals surface area contributed by atoms with E-state index in [2.05, 4.69) is 5.32 Å². The summed E-state index contributed by atoms with van der Waals surface area (Å²) in [7, 11) is 4.99. The quantitative estimate of drug-likeness (QED) is 0.638. The van der Waals surface area contributed by atoms with E-state index in [4.69, 9.17) is 9.47 Å². The van der Waals surface area contributed by atoms with Gasteiger partial charge < -0.3 is 19.7 Å². The summed E-state index contributed by atoms with van der Waals surface area (Å²) < 4.78 is 23.7. The topological polar surface area (TPSA) is 72.3 Å². The molecule has 0 aromatic heterocycles. The number of carbonyl (C=O) groups excluding carboxylic acids is 2. The van der Waals surface area contributed by atoms with E-state index >= 15 is 0 Å². The second kappa shape index (κ2) is 8.71. The molecule has 3 amide bonds. The summed E-state index contributed by atoms with van der Waals surface area (Å²) in [5.41, 5.74) is 0.721. The second-order valence-electron chi connectivity index (χ2n) is 7.78. The predicted molar refractivity (Wildman–Crippen MR) is 109 cm³/mol. The maximum atomic E-state index is 13.1. The highest BCUT2D eigenvalue weighted by Gasteiger charge is 2.48. The molecule has 2 N–H and O–H groups in total. The summed E-state index contributed by atoms with van der Waals surface area (Å²) in [5.74, 6) is 0.591. The molecule has 0 bridgehead atoms. The number of hydrogen-bond donors (Lipinski definition) is 2. The van der Waals surface area contributed by atoms with Gasteiger partial charge in [-0.2, -0.15) is 0 Å². The van der Waals surface area contributed by atoms with Gasteiger partial charge in [0.05, 0.1) is 21.3 Å². The Balaban J connectivity index is 1.69. The molecule has 7 nitrogen and oxygen atoms in total. The lowest BCUT2D eigenvalue weighted by molar-refractivity contribution is -0.901. The van der Waals surface area contributed by atoms with Crippen LogP contribution in [-0.2, 0) is 17.8 Å². The van der Waals surface area contributed by atoms with Crippen molar-refractivity contribution in [3.63, 3.8) is 0 Å². The number of halogens is 1. The van der Waals surface area contributed by atoms with Gasteiger partial charge in [0.15, 0.2) is 18.2 Å². The highest BCUT2D eigenvalue weighted by atomic mass is 19.1. The van der Waals surface area contributed by atoms with Gasteiger partial charge in [-0.1, -0.05) is 18.2 Å². The number of quaternary nitrogens is 1. The number of ether oxygens (including phenoxy) is 2. The second-order valence-corrected chi connectivity index (χ2v) is 7.78. The van der Waals surface area contributed by atoms with Crippen molar-refractivity contribution in [1.29, 1.82) is 0 Å². The van der Waals surface area contributed by atoms with Crippen LogP contribution in [0.4, 0.5) is 9.18 Å². The number of benzene rings is 2. The first-order valence-electron chi connectivity index (χ1n) is 9.66. The predicted octanol–water partition coefficient (Wildman–Crippen LogP) is 1.37. The van der Waals surface area contributed by atoms with E-state index in [1.54, 1.807) is 45.4 Å². The molecule has 2 atom stereocenters. The third-order valence-corrected chi connectivity index (χ3v) is 5.20. The van der Waals surface area contributed by atoms with Gasteiger partial charge in [-0.15, -0.1) is 0 Å². The van der Waals surface area contributed by atoms with Gasteiger partial charge in [-0.05, 0) is 36.8 Å². The Morgan fingerprint density at radius 1 is 1.03 bits per heavy atom. The minimum atomic E-state index is -1.05. The van der Waals surface area contributed by atoms with Crippen LogP contribution in [0.5, 0.6) is 11.5 Å². The molecule has 1 aliphatic rings. The van der Waals surface area contributed by atoms with E-state index in [0.29, 0.717) is 24.5 Å². The number of carbonyl (C=O) groups is 2. The third kappa shape index (κ3) is 4.54. The summed E-state index contributed by atoms with van der Waals surface area (Å²) in [5, 5.41) is 2.82. The summed E-state index contributed by atoms with van der Waals surface area (Å²) in [6, 6.07) is 11.2. The summed E-state index contributed by atoms with van der Waals surface area (Å²) in [6.07, 6.45) is 0.325. The highest BCUT2D eigenvalue weighted by molar-refractivity contribution is 6.06. The first kappa shape index (κ1) is 21.6. The molecule has 0 aliphatic carbocycles. The first-order chi connectivity index (χ1) is 14.3. The maximum absolute atomic E-state index is 13.1. The number of imide groups is 1. The number of nitrogens with one attached hydrogen (secondary N) is 2. The number of amides is 3. The minimum absolute atomic E-state index is 0.212. The fourth-order valence-corrected chi connectivity index (χ4v) is 3.69. The Kier molecular flexibility index (Phi) is 6.26. The Bertz CT molecular complexity index is 934. The van der Waals surface area contributed by atoms with Gasteiger partial charge >= 0.3 is 6.03 Å². The van der Waals surface area contributed by atoms with Crippen molar-refractivity contribution in [2.75, 3.05) is 27.9 Å². The zero-order valence-corrected chi connectivity index (χ0v) is 17.6. The summed E-state index contributed by atoms with van der Waals surface area (Å²) in [6.45, 7) is 2.49. The van der Waals surface area contributed by atoms with Crippen molar-refractivity contribution in [1.82, 2.24) is 10.2 Å². The Labute approximate surface area is 175 Å². The molecule has 30 heavy (non-hydrogen) atoms. The van der Waals surface area contributed by atoms with Crippen molar-refractivity contribution in [3.05, 3.63) is 59.4 Å². The van der Waals surface area contributed by atoms with Crippen LogP contribution in [0, 0.1) is 5.82 Å². The van der Waals surface area contributed by atoms with Gasteiger partial charge in [0.25, 0.3) is 5.91 Å². The normalized spacial score (nSPS) is 19.6. The summed E-state index contributed by atoms with van der Waals surface area (Å²) in [4.78, 5) is 27.8. The maximum Gasteiger partial charge on any atom is 0.329 e. The molecular formula is C22H27FN3O4+. The smallest absolute Gasteiger partial charge is 0.329 e. The zero-order chi connectivity index (χ0) is 21.9. The molecule has 0 spiro atoms. The molecule has 1 heterocycles. The molecule has 8 heteroatoms. The van der Waals surface area contributed by atoms with Gasteiger partial charge in [0.1, 0.15) is 17.9 Å². The third-order valence-electron chi connectivity index (χ3n) is 5.20. The molecule has 0 radical (unpaired) electrons. The van der Waals surface area contributed by atoms with Crippen LogP contribution >= 0.6 is 0 Å². The van der Waals surface area contributed by atoms with Crippen molar-refractivity contribution < 1.29 is 28.4 Å². The van der Waals surface area contributed by atoms with Gasteiger partial charge in [0.2, 0.25) is 0 Å². The van der Waals surface area contributed by atoms with Crippen molar-refractivity contribution in [2.45, 2.75) is 25.4 Å². The SMILES string of the molecule is COc1ccc(C[C@@]2(C)NC(=O)N(C[NH+](C)Cc3ccc(F)cc3)C2=O)cc1OC. The monoisotopic (exact) mass is 416 g/mol. The molecule has 1 fully saturated rings. The lowest BCUT2D eigenvalue weighted by Gasteiger charge is -2.23. The van der Waals surface area contributed by atoms with E-state index in [1.807, 2.05) is 13.1 Å². The lowest BCUT2D eigenvalue weighted by atomic mass is 9.92. The average Bonchev–Trinajstić information content (AvgIpc) is 2.92. The standard InChI is InChI=1S/C22H26FN3O4/c1-22(12-16-7-10-18(29-3)19(11-16)30-4)20(27)26(21(28)24-22)14-25(2)13-15-5-8-17(23)9-6-15/h5-11H,12-14H2,1-4H3,(H,24,28)/p+1/t22-/m1/s1. The number of nitrogens with zero attached hydrogens (tertiary/aromatic N) is 1. The van der Waals surface area contributed by atoms with Crippen LogP contribution in [0.1, 0.15) is 18.1 Å². The van der Waals surface area contributed by atoms with Crippen LogP contribution in [0.25, 0.3) is 0 Å². The number of rotatable bonds is 8. The average molecular weight is 416 g/mol. The molecule has 160 valence electrons. The van der Waals surface area contributed by atoms with Crippen LogP contribution in [0.2, 0.25) is 0 Å². The van der Waals surface area contributed by atoms with Crippen molar-refractivity contribution >= 4 is 11.9 Å². The highest BCUT2D eigenvalue weighted by Crippen LogP contribution is 2.30. The first-order valence-corrected chi connectivity index (χ1v) is 9.66. The molecule has 3 rings (SSSR count). The van der Waals surface area contributed by atoms with Crippen LogP contribution in [-0.4, -0.2) is 50.3 Å². The Morgan fingerprint density at radius 2 is 1.67 bits per heavy atom. The molecule has 1 aliphatic heterocycles. The van der Waals surface area contributed by atoms with Gasteiger partial charge in [-0.25, -0.2) is 14.1 Å². The molecule has 0 saturated carbocycles. The molecule has 1 saturated heterocycles. The van der Waals surface area contributed by atoms with E-state index in [-0.39, 0.29) is 18.4 Å². The van der Waals surface area contributed by atoms with Crippen LogP contribution < -0.4 is 19.7 Å². The minimum Gasteiger partial charge on any atom is -0.493 e. The van der Waals surface area contributed by atoms with Crippen LogP contribution in [0.3, 0.4) is 0 Å².